The predicted molar refractivity (Wildman–Crippen MR) is 97.4 cm³/mol. The maximum atomic E-state index is 12.4. The van der Waals surface area contributed by atoms with E-state index in [1.807, 2.05) is 38.1 Å². The topological polar surface area (TPSA) is 61.9 Å². The number of carbonyl (C=O) groups excluding carboxylic acids is 2. The molecule has 6 heteroatoms. The molecule has 2 rings (SSSR count). The van der Waals surface area contributed by atoms with Crippen LogP contribution < -0.4 is 10.1 Å². The highest BCUT2D eigenvalue weighted by molar-refractivity contribution is 5.88. The summed E-state index contributed by atoms with van der Waals surface area (Å²) in [5.41, 5.74) is 1.04. The number of benzene rings is 1. The van der Waals surface area contributed by atoms with Gasteiger partial charge in [0, 0.05) is 38.8 Å². The minimum atomic E-state index is -0.435. The third kappa shape index (κ3) is 5.19. The van der Waals surface area contributed by atoms with Crippen LogP contribution >= 0.6 is 0 Å². The van der Waals surface area contributed by atoms with E-state index in [9.17, 15) is 9.59 Å². The Morgan fingerprint density at radius 1 is 1.36 bits per heavy atom. The summed E-state index contributed by atoms with van der Waals surface area (Å²) in [6.07, 6.45) is 1.11. The van der Waals surface area contributed by atoms with Crippen molar-refractivity contribution < 1.29 is 14.3 Å². The second-order valence-corrected chi connectivity index (χ2v) is 6.34. The van der Waals surface area contributed by atoms with E-state index in [1.54, 1.807) is 11.9 Å². The van der Waals surface area contributed by atoms with Gasteiger partial charge in [0.25, 0.3) is 0 Å². The molecular formula is C19H29N3O3. The lowest BCUT2D eigenvalue weighted by molar-refractivity contribution is -0.138. The summed E-state index contributed by atoms with van der Waals surface area (Å²) in [7, 11) is 1.79. The zero-order valence-corrected chi connectivity index (χ0v) is 15.5. The van der Waals surface area contributed by atoms with Crippen LogP contribution in [0.5, 0.6) is 5.75 Å². The number of amides is 2. The van der Waals surface area contributed by atoms with Crippen LogP contribution in [-0.2, 0) is 16.1 Å². The van der Waals surface area contributed by atoms with Crippen molar-refractivity contribution in [3.05, 3.63) is 29.8 Å². The Bertz CT molecular complexity index is 591. The minimum absolute atomic E-state index is 0.00648. The van der Waals surface area contributed by atoms with Crippen LogP contribution in [0.15, 0.2) is 24.3 Å². The van der Waals surface area contributed by atoms with Crippen molar-refractivity contribution >= 4 is 11.8 Å². The lowest BCUT2D eigenvalue weighted by Gasteiger charge is -2.35. The Morgan fingerprint density at radius 2 is 2.12 bits per heavy atom. The van der Waals surface area contributed by atoms with Gasteiger partial charge >= 0.3 is 0 Å². The number of carbonyl (C=O) groups is 2. The highest BCUT2D eigenvalue weighted by Crippen LogP contribution is 2.22. The Kier molecular flexibility index (Phi) is 7.25. The number of hydrogen-bond donors (Lipinski definition) is 1. The van der Waals surface area contributed by atoms with Gasteiger partial charge in [0.2, 0.25) is 11.8 Å². The molecule has 0 saturated carbocycles. The number of piperazine rings is 1. The number of hydrogen-bond acceptors (Lipinski definition) is 4. The van der Waals surface area contributed by atoms with Crippen LogP contribution in [0.2, 0.25) is 0 Å². The first-order chi connectivity index (χ1) is 12.1. The third-order valence-corrected chi connectivity index (χ3v) is 4.44. The fourth-order valence-electron chi connectivity index (χ4n) is 3.10. The summed E-state index contributed by atoms with van der Waals surface area (Å²) in [6, 6.07) is 7.43. The molecule has 0 bridgehead atoms. The molecule has 1 heterocycles. The van der Waals surface area contributed by atoms with Gasteiger partial charge < -0.3 is 15.0 Å². The maximum absolute atomic E-state index is 12.4. The molecule has 1 aliphatic rings. The zero-order chi connectivity index (χ0) is 18.2. The molecule has 1 aromatic carbocycles. The van der Waals surface area contributed by atoms with E-state index in [0.29, 0.717) is 26.2 Å². The van der Waals surface area contributed by atoms with Crippen LogP contribution in [0.25, 0.3) is 0 Å². The first kappa shape index (κ1) is 19.2. The van der Waals surface area contributed by atoms with Gasteiger partial charge in [-0.3, -0.25) is 14.5 Å². The van der Waals surface area contributed by atoms with Crippen LogP contribution in [0.1, 0.15) is 32.3 Å². The van der Waals surface area contributed by atoms with Gasteiger partial charge in [-0.25, -0.2) is 0 Å². The normalized spacial score (nSPS) is 17.9. The molecule has 6 nitrogen and oxygen atoms in total. The van der Waals surface area contributed by atoms with Crippen molar-refractivity contribution in [2.75, 3.05) is 33.3 Å². The largest absolute Gasteiger partial charge is 0.494 e. The Labute approximate surface area is 150 Å². The first-order valence-corrected chi connectivity index (χ1v) is 9.03. The molecule has 138 valence electrons. The molecule has 1 aliphatic heterocycles. The van der Waals surface area contributed by atoms with Crippen molar-refractivity contribution in [1.29, 1.82) is 0 Å². The zero-order valence-electron chi connectivity index (χ0n) is 15.5. The molecule has 1 aromatic rings. The number of ether oxygens (including phenoxy) is 1. The lowest BCUT2D eigenvalue weighted by Crippen LogP contribution is -2.56. The molecule has 1 fully saturated rings. The van der Waals surface area contributed by atoms with Crippen molar-refractivity contribution in [1.82, 2.24) is 15.1 Å². The number of para-hydroxylation sites is 1. The van der Waals surface area contributed by atoms with Crippen LogP contribution in [0.3, 0.4) is 0 Å². The average Bonchev–Trinajstić information content (AvgIpc) is 2.60. The van der Waals surface area contributed by atoms with Gasteiger partial charge in [-0.1, -0.05) is 25.1 Å². The minimum Gasteiger partial charge on any atom is -0.494 e. The van der Waals surface area contributed by atoms with Crippen LogP contribution in [0.4, 0.5) is 0 Å². The molecular weight excluding hydrogens is 318 g/mol. The predicted octanol–water partition coefficient (Wildman–Crippen LogP) is 1.64. The molecule has 0 aromatic heterocycles. The molecule has 1 atom stereocenters. The van der Waals surface area contributed by atoms with Gasteiger partial charge in [0.05, 0.1) is 19.1 Å². The molecule has 0 spiro atoms. The summed E-state index contributed by atoms with van der Waals surface area (Å²) < 4.78 is 5.69. The van der Waals surface area contributed by atoms with Crippen LogP contribution in [-0.4, -0.2) is 60.9 Å². The molecule has 0 unspecified atom stereocenters. The van der Waals surface area contributed by atoms with Gasteiger partial charge in [0.15, 0.2) is 0 Å². The maximum Gasteiger partial charge on any atom is 0.237 e. The average molecular weight is 347 g/mol. The fraction of sp³-hybridized carbons (Fsp3) is 0.579. The summed E-state index contributed by atoms with van der Waals surface area (Å²) in [5.74, 6) is 0.773. The standard InChI is InChI=1S/C19H29N3O3/c1-4-11-21(3)18(23)13-16-19(24)20-10-12-22(16)14-15-8-6-7-9-17(15)25-5-2/h6-9,16H,4-5,10-14H2,1-3H3,(H,20,24)/t16-/m0/s1. The molecule has 1 N–H and O–H groups in total. The highest BCUT2D eigenvalue weighted by Gasteiger charge is 2.32. The molecule has 1 saturated heterocycles. The van der Waals surface area contributed by atoms with Gasteiger partial charge in [-0.05, 0) is 19.4 Å². The van der Waals surface area contributed by atoms with E-state index in [-0.39, 0.29) is 18.2 Å². The van der Waals surface area contributed by atoms with E-state index in [1.165, 1.54) is 0 Å². The molecule has 25 heavy (non-hydrogen) atoms. The summed E-state index contributed by atoms with van der Waals surface area (Å²) >= 11 is 0. The Balaban J connectivity index is 2.11. The Hall–Kier alpha value is -2.08. The fourth-order valence-corrected chi connectivity index (χ4v) is 3.10. The van der Waals surface area contributed by atoms with Crippen molar-refractivity contribution in [2.24, 2.45) is 0 Å². The Morgan fingerprint density at radius 3 is 2.84 bits per heavy atom. The van der Waals surface area contributed by atoms with E-state index in [4.69, 9.17) is 4.74 Å². The molecule has 2 amide bonds. The summed E-state index contributed by atoms with van der Waals surface area (Å²) in [4.78, 5) is 28.6. The van der Waals surface area contributed by atoms with Crippen LogP contribution in [0, 0.1) is 0 Å². The first-order valence-electron chi connectivity index (χ1n) is 9.03. The lowest BCUT2D eigenvalue weighted by atomic mass is 10.1. The van der Waals surface area contributed by atoms with Crippen molar-refractivity contribution in [2.45, 2.75) is 39.3 Å². The van der Waals surface area contributed by atoms with Gasteiger partial charge in [-0.15, -0.1) is 0 Å². The number of nitrogens with one attached hydrogen (secondary N) is 1. The smallest absolute Gasteiger partial charge is 0.237 e. The van der Waals surface area contributed by atoms with E-state index in [2.05, 4.69) is 10.2 Å². The number of rotatable bonds is 8. The van der Waals surface area contributed by atoms with Gasteiger partial charge in [-0.2, -0.15) is 0 Å². The summed E-state index contributed by atoms with van der Waals surface area (Å²) in [5, 5.41) is 2.88. The third-order valence-electron chi connectivity index (χ3n) is 4.44. The van der Waals surface area contributed by atoms with E-state index in [0.717, 1.165) is 24.3 Å². The van der Waals surface area contributed by atoms with E-state index >= 15 is 0 Å². The van der Waals surface area contributed by atoms with Gasteiger partial charge in [0.1, 0.15) is 5.75 Å². The SMILES string of the molecule is CCCN(C)C(=O)C[C@H]1C(=O)NCCN1Cc1ccccc1OCC. The second-order valence-electron chi connectivity index (χ2n) is 6.34. The van der Waals surface area contributed by atoms with Crippen molar-refractivity contribution in [3.63, 3.8) is 0 Å². The second kappa shape index (κ2) is 9.42. The quantitative estimate of drug-likeness (QED) is 0.777. The summed E-state index contributed by atoms with van der Waals surface area (Å²) in [6.45, 7) is 7.22. The van der Waals surface area contributed by atoms with E-state index < -0.39 is 6.04 Å². The number of nitrogens with zero attached hydrogens (tertiary/aromatic N) is 2. The molecule has 0 radical (unpaired) electrons. The van der Waals surface area contributed by atoms with Crippen molar-refractivity contribution in [3.8, 4) is 5.75 Å². The molecule has 0 aliphatic carbocycles. The monoisotopic (exact) mass is 347 g/mol. The highest BCUT2D eigenvalue weighted by atomic mass is 16.5.